The normalized spacial score (nSPS) is 12.4. The van der Waals surface area contributed by atoms with Crippen molar-refractivity contribution in [2.24, 2.45) is 0 Å². The predicted octanol–water partition coefficient (Wildman–Crippen LogP) is 2.69. The van der Waals surface area contributed by atoms with Crippen LogP contribution in [-0.2, 0) is 13.2 Å². The third kappa shape index (κ3) is 3.33. The number of rotatable bonds is 5. The molecule has 1 atom stereocenters. The summed E-state index contributed by atoms with van der Waals surface area (Å²) in [6, 6.07) is 5.56. The molecule has 0 radical (unpaired) electrons. The minimum absolute atomic E-state index is 0.323. The van der Waals surface area contributed by atoms with Crippen LogP contribution in [0.1, 0.15) is 31.3 Å². The Balaban J connectivity index is 2.17. The van der Waals surface area contributed by atoms with Crippen molar-refractivity contribution in [3.05, 3.63) is 40.4 Å². The smallest absolute Gasteiger partial charge is 0.164 e. The number of benzene rings is 1. The molecular weight excluding hydrogens is 310 g/mol. The molecule has 102 valence electrons. The summed E-state index contributed by atoms with van der Waals surface area (Å²) in [4.78, 5) is 4.15. The van der Waals surface area contributed by atoms with Gasteiger partial charge in [0.1, 0.15) is 18.7 Å². The number of halogens is 1. The maximum Gasteiger partial charge on any atom is 0.164 e. The molecule has 1 aromatic heterocycles. The highest BCUT2D eigenvalue weighted by Gasteiger charge is 2.11. The third-order valence-corrected chi connectivity index (χ3v) is 3.27. The summed E-state index contributed by atoms with van der Waals surface area (Å²) >= 11 is 3.40. The van der Waals surface area contributed by atoms with E-state index in [0.717, 1.165) is 22.4 Å². The van der Waals surface area contributed by atoms with Crippen LogP contribution in [-0.4, -0.2) is 19.9 Å². The van der Waals surface area contributed by atoms with Crippen LogP contribution in [0.5, 0.6) is 5.75 Å². The highest BCUT2D eigenvalue weighted by atomic mass is 79.9. The first-order valence-electron chi connectivity index (χ1n) is 6.08. The molecule has 0 saturated carbocycles. The van der Waals surface area contributed by atoms with E-state index in [0.29, 0.717) is 12.4 Å². The molecule has 0 bridgehead atoms. The Morgan fingerprint density at radius 1 is 1.47 bits per heavy atom. The summed E-state index contributed by atoms with van der Waals surface area (Å²) in [5, 5.41) is 13.8. The van der Waals surface area contributed by atoms with E-state index in [2.05, 4.69) is 26.0 Å². The Bertz CT molecular complexity index is 555. The number of aryl methyl sites for hydroxylation is 1. The molecule has 1 N–H and O–H groups in total. The highest BCUT2D eigenvalue weighted by Crippen LogP contribution is 2.29. The quantitative estimate of drug-likeness (QED) is 0.918. The number of ether oxygens (including phenoxy) is 1. The van der Waals surface area contributed by atoms with Crippen molar-refractivity contribution in [2.75, 3.05) is 0 Å². The number of aliphatic hydroxyl groups is 1. The summed E-state index contributed by atoms with van der Waals surface area (Å²) in [5.74, 6) is 1.41. The maximum absolute atomic E-state index is 9.72. The van der Waals surface area contributed by atoms with Crippen LogP contribution >= 0.6 is 15.9 Å². The first kappa shape index (κ1) is 14.0. The minimum Gasteiger partial charge on any atom is -0.485 e. The van der Waals surface area contributed by atoms with Gasteiger partial charge >= 0.3 is 0 Å². The van der Waals surface area contributed by atoms with Gasteiger partial charge in [0.25, 0.3) is 0 Å². The molecule has 0 aliphatic carbocycles. The standard InChI is InChI=1S/C13H16BrN3O2/c1-3-17-13(15-8-16-17)7-19-12-6-10(14)4-5-11(12)9(2)18/h4-6,8-9,18H,3,7H2,1-2H3. The van der Waals surface area contributed by atoms with Crippen LogP contribution in [0.2, 0.25) is 0 Å². The molecule has 0 saturated heterocycles. The van der Waals surface area contributed by atoms with Crippen molar-refractivity contribution in [3.63, 3.8) is 0 Å². The lowest BCUT2D eigenvalue weighted by Crippen LogP contribution is -2.08. The Labute approximate surface area is 120 Å². The number of nitrogens with zero attached hydrogens (tertiary/aromatic N) is 3. The molecule has 6 heteroatoms. The Morgan fingerprint density at radius 2 is 2.26 bits per heavy atom. The van der Waals surface area contributed by atoms with Gasteiger partial charge in [0.15, 0.2) is 5.82 Å². The molecule has 0 aliphatic rings. The van der Waals surface area contributed by atoms with Gasteiger partial charge in [-0.3, -0.25) is 0 Å². The topological polar surface area (TPSA) is 60.2 Å². The van der Waals surface area contributed by atoms with Crippen LogP contribution in [0.4, 0.5) is 0 Å². The molecule has 0 amide bonds. The van der Waals surface area contributed by atoms with Gasteiger partial charge in [0.05, 0.1) is 6.10 Å². The lowest BCUT2D eigenvalue weighted by molar-refractivity contribution is 0.189. The van der Waals surface area contributed by atoms with E-state index in [4.69, 9.17) is 4.74 Å². The second-order valence-corrected chi connectivity index (χ2v) is 5.05. The molecule has 0 aliphatic heterocycles. The molecule has 5 nitrogen and oxygen atoms in total. The fourth-order valence-corrected chi connectivity index (χ4v) is 2.12. The van der Waals surface area contributed by atoms with Crippen molar-refractivity contribution in [3.8, 4) is 5.75 Å². The lowest BCUT2D eigenvalue weighted by Gasteiger charge is -2.13. The summed E-state index contributed by atoms with van der Waals surface area (Å²) < 4.78 is 8.44. The van der Waals surface area contributed by atoms with E-state index in [9.17, 15) is 5.11 Å². The van der Waals surface area contributed by atoms with Crippen molar-refractivity contribution < 1.29 is 9.84 Å². The van der Waals surface area contributed by atoms with Crippen molar-refractivity contribution in [1.29, 1.82) is 0 Å². The molecule has 1 aromatic carbocycles. The van der Waals surface area contributed by atoms with Gasteiger partial charge in [0, 0.05) is 16.6 Å². The fraction of sp³-hybridized carbons (Fsp3) is 0.385. The van der Waals surface area contributed by atoms with Crippen LogP contribution in [0.15, 0.2) is 29.0 Å². The van der Waals surface area contributed by atoms with Gasteiger partial charge in [-0.15, -0.1) is 0 Å². The second-order valence-electron chi connectivity index (χ2n) is 4.14. The van der Waals surface area contributed by atoms with Gasteiger partial charge in [0.2, 0.25) is 0 Å². The monoisotopic (exact) mass is 325 g/mol. The SMILES string of the molecule is CCn1ncnc1COc1cc(Br)ccc1C(C)O. The Kier molecular flexibility index (Phi) is 4.55. The first-order chi connectivity index (χ1) is 9.11. The van der Waals surface area contributed by atoms with Crippen molar-refractivity contribution in [2.45, 2.75) is 33.1 Å². The lowest BCUT2D eigenvalue weighted by atomic mass is 10.1. The zero-order chi connectivity index (χ0) is 13.8. The van der Waals surface area contributed by atoms with Gasteiger partial charge in [-0.05, 0) is 26.0 Å². The molecule has 19 heavy (non-hydrogen) atoms. The third-order valence-electron chi connectivity index (χ3n) is 2.78. The van der Waals surface area contributed by atoms with E-state index < -0.39 is 6.10 Å². The van der Waals surface area contributed by atoms with Crippen molar-refractivity contribution in [1.82, 2.24) is 14.8 Å². The minimum atomic E-state index is -0.577. The Morgan fingerprint density at radius 3 is 2.95 bits per heavy atom. The first-order valence-corrected chi connectivity index (χ1v) is 6.88. The second kappa shape index (κ2) is 6.16. The zero-order valence-electron chi connectivity index (χ0n) is 10.9. The number of hydrogen-bond acceptors (Lipinski definition) is 4. The predicted molar refractivity (Wildman–Crippen MR) is 74.8 cm³/mol. The van der Waals surface area contributed by atoms with Crippen LogP contribution in [0.3, 0.4) is 0 Å². The van der Waals surface area contributed by atoms with Gasteiger partial charge in [-0.25, -0.2) is 9.67 Å². The summed E-state index contributed by atoms with van der Waals surface area (Å²) in [5.41, 5.74) is 0.755. The van der Waals surface area contributed by atoms with Gasteiger partial charge < -0.3 is 9.84 Å². The summed E-state index contributed by atoms with van der Waals surface area (Å²) in [7, 11) is 0. The average Bonchev–Trinajstić information content (AvgIpc) is 2.83. The van der Waals surface area contributed by atoms with Crippen LogP contribution < -0.4 is 4.74 Å². The van der Waals surface area contributed by atoms with Crippen molar-refractivity contribution >= 4 is 15.9 Å². The van der Waals surface area contributed by atoms with E-state index >= 15 is 0 Å². The van der Waals surface area contributed by atoms with Crippen LogP contribution in [0.25, 0.3) is 0 Å². The number of hydrogen-bond donors (Lipinski definition) is 1. The molecule has 0 fully saturated rings. The van der Waals surface area contributed by atoms with E-state index in [1.807, 2.05) is 25.1 Å². The summed E-state index contributed by atoms with van der Waals surface area (Å²) in [6.07, 6.45) is 0.936. The Hall–Kier alpha value is -1.40. The average molecular weight is 326 g/mol. The van der Waals surface area contributed by atoms with Gasteiger partial charge in [-0.1, -0.05) is 22.0 Å². The van der Waals surface area contributed by atoms with E-state index in [1.165, 1.54) is 6.33 Å². The largest absolute Gasteiger partial charge is 0.485 e. The molecule has 2 rings (SSSR count). The zero-order valence-corrected chi connectivity index (χ0v) is 12.5. The molecule has 0 spiro atoms. The molecule has 2 aromatic rings. The van der Waals surface area contributed by atoms with E-state index in [-0.39, 0.29) is 0 Å². The summed E-state index contributed by atoms with van der Waals surface area (Å²) in [6.45, 7) is 4.79. The maximum atomic E-state index is 9.72. The number of aromatic nitrogens is 3. The van der Waals surface area contributed by atoms with E-state index in [1.54, 1.807) is 11.6 Å². The molecular formula is C13H16BrN3O2. The highest BCUT2D eigenvalue weighted by molar-refractivity contribution is 9.10. The number of aliphatic hydroxyl groups excluding tert-OH is 1. The van der Waals surface area contributed by atoms with Gasteiger partial charge in [-0.2, -0.15) is 5.10 Å². The fourth-order valence-electron chi connectivity index (χ4n) is 1.78. The van der Waals surface area contributed by atoms with Crippen LogP contribution in [0, 0.1) is 0 Å². The molecule has 1 unspecified atom stereocenters. The molecule has 1 heterocycles.